The molecule has 0 amide bonds. The largest absolute Gasteiger partial charge is 0.480 e. The summed E-state index contributed by atoms with van der Waals surface area (Å²) in [5.74, 6) is -0.780. The number of rotatable bonds is 5. The van der Waals surface area contributed by atoms with Crippen molar-refractivity contribution in [2.75, 3.05) is 0 Å². The van der Waals surface area contributed by atoms with Gasteiger partial charge in [-0.2, -0.15) is 0 Å². The molecule has 15 heavy (non-hydrogen) atoms. The van der Waals surface area contributed by atoms with Gasteiger partial charge in [-0.25, -0.2) is 4.98 Å². The highest BCUT2D eigenvalue weighted by atomic mass is 32.2. The lowest BCUT2D eigenvalue weighted by molar-refractivity contribution is -0.139. The summed E-state index contributed by atoms with van der Waals surface area (Å²) in [7, 11) is 1.86. The molecule has 1 unspecified atom stereocenters. The fourth-order valence-electron chi connectivity index (χ4n) is 1.33. The molecule has 1 atom stereocenters. The molecule has 0 spiro atoms. The molecule has 0 radical (unpaired) electrons. The number of aryl methyl sites for hydroxylation is 1. The molecule has 0 aliphatic carbocycles. The fourth-order valence-corrected chi connectivity index (χ4v) is 2.45. The van der Waals surface area contributed by atoms with Crippen molar-refractivity contribution in [3.63, 3.8) is 0 Å². The van der Waals surface area contributed by atoms with Crippen molar-refractivity contribution in [2.45, 2.75) is 36.6 Å². The third-order valence-corrected chi connectivity index (χ3v) is 3.68. The zero-order chi connectivity index (χ0) is 11.5. The Morgan fingerprint density at radius 1 is 1.73 bits per heavy atom. The average Bonchev–Trinajstić information content (AvgIpc) is 2.52. The summed E-state index contributed by atoms with van der Waals surface area (Å²) >= 11 is 1.31. The second kappa shape index (κ2) is 4.70. The minimum atomic E-state index is -0.784. The number of thioether (sulfide) groups is 1. The summed E-state index contributed by atoms with van der Waals surface area (Å²) in [4.78, 5) is 15.3. The van der Waals surface area contributed by atoms with Gasteiger partial charge in [-0.05, 0) is 13.3 Å². The lowest BCUT2D eigenvalue weighted by atomic mass is 10.1. The van der Waals surface area contributed by atoms with Crippen LogP contribution in [0.2, 0.25) is 0 Å². The van der Waals surface area contributed by atoms with E-state index < -0.39 is 10.7 Å². The van der Waals surface area contributed by atoms with Gasteiger partial charge in [0.15, 0.2) is 5.16 Å². The molecule has 0 fully saturated rings. The standard InChI is InChI=1S/C10H16N2O2S/c1-4-5-10(2,8(13)14)15-9-11-6-7-12(9)3/h6-7H,4-5H2,1-3H3,(H,13,14). The summed E-state index contributed by atoms with van der Waals surface area (Å²) in [5, 5.41) is 9.94. The molecule has 0 aliphatic heterocycles. The van der Waals surface area contributed by atoms with E-state index in [1.807, 2.05) is 24.7 Å². The van der Waals surface area contributed by atoms with Gasteiger partial charge >= 0.3 is 5.97 Å². The Kier molecular flexibility index (Phi) is 3.79. The number of imidazole rings is 1. The number of hydrogen-bond acceptors (Lipinski definition) is 3. The first-order valence-electron chi connectivity index (χ1n) is 4.89. The zero-order valence-corrected chi connectivity index (χ0v) is 10.0. The Bertz CT molecular complexity index is 351. The number of aliphatic carboxylic acids is 1. The number of carboxylic acids is 1. The Morgan fingerprint density at radius 3 is 2.80 bits per heavy atom. The maximum absolute atomic E-state index is 11.2. The quantitative estimate of drug-likeness (QED) is 0.785. The SMILES string of the molecule is CCCC(C)(Sc1nccn1C)C(=O)O. The van der Waals surface area contributed by atoms with Gasteiger partial charge < -0.3 is 9.67 Å². The summed E-state index contributed by atoms with van der Waals surface area (Å²) in [6.07, 6.45) is 4.98. The Hall–Kier alpha value is -0.970. The molecule has 84 valence electrons. The second-order valence-corrected chi connectivity index (χ2v) is 5.18. The number of nitrogens with zero attached hydrogens (tertiary/aromatic N) is 2. The predicted octanol–water partition coefficient (Wildman–Crippen LogP) is 2.16. The highest BCUT2D eigenvalue weighted by Crippen LogP contribution is 2.35. The molecule has 0 saturated carbocycles. The van der Waals surface area contributed by atoms with Crippen LogP contribution in [0.5, 0.6) is 0 Å². The Balaban J connectivity index is 2.84. The van der Waals surface area contributed by atoms with E-state index in [0.717, 1.165) is 11.6 Å². The van der Waals surface area contributed by atoms with E-state index in [1.54, 1.807) is 13.1 Å². The van der Waals surface area contributed by atoms with E-state index in [9.17, 15) is 9.90 Å². The molecule has 1 rings (SSSR count). The maximum atomic E-state index is 11.2. The molecular formula is C10H16N2O2S. The smallest absolute Gasteiger partial charge is 0.319 e. The minimum absolute atomic E-state index is 0.639. The van der Waals surface area contributed by atoms with Crippen molar-refractivity contribution in [1.82, 2.24) is 9.55 Å². The molecule has 0 saturated heterocycles. The van der Waals surface area contributed by atoms with Crippen LogP contribution in [0.3, 0.4) is 0 Å². The zero-order valence-electron chi connectivity index (χ0n) is 9.23. The fraction of sp³-hybridized carbons (Fsp3) is 0.600. The van der Waals surface area contributed by atoms with Crippen LogP contribution in [-0.2, 0) is 11.8 Å². The van der Waals surface area contributed by atoms with Crippen LogP contribution in [0.15, 0.2) is 17.6 Å². The highest BCUT2D eigenvalue weighted by Gasteiger charge is 2.34. The second-order valence-electron chi connectivity index (χ2n) is 3.71. The van der Waals surface area contributed by atoms with Crippen molar-refractivity contribution >= 4 is 17.7 Å². The summed E-state index contributed by atoms with van der Waals surface area (Å²) in [6, 6.07) is 0. The van der Waals surface area contributed by atoms with E-state index in [1.165, 1.54) is 11.8 Å². The van der Waals surface area contributed by atoms with Gasteiger partial charge in [0.05, 0.1) is 0 Å². The lowest BCUT2D eigenvalue weighted by Crippen LogP contribution is -2.31. The van der Waals surface area contributed by atoms with Gasteiger partial charge in [-0.15, -0.1) is 0 Å². The average molecular weight is 228 g/mol. The first-order valence-corrected chi connectivity index (χ1v) is 5.71. The van der Waals surface area contributed by atoms with Crippen molar-refractivity contribution in [1.29, 1.82) is 0 Å². The molecular weight excluding hydrogens is 212 g/mol. The molecule has 1 aromatic heterocycles. The van der Waals surface area contributed by atoms with Crippen molar-refractivity contribution in [3.8, 4) is 0 Å². The first kappa shape index (κ1) is 12.1. The van der Waals surface area contributed by atoms with Crippen LogP contribution < -0.4 is 0 Å². The minimum Gasteiger partial charge on any atom is -0.480 e. The molecule has 0 bridgehead atoms. The third-order valence-electron chi connectivity index (χ3n) is 2.27. The van der Waals surface area contributed by atoms with E-state index in [-0.39, 0.29) is 0 Å². The van der Waals surface area contributed by atoms with Crippen LogP contribution in [0.25, 0.3) is 0 Å². The lowest BCUT2D eigenvalue weighted by Gasteiger charge is -2.22. The third kappa shape index (κ3) is 2.75. The number of hydrogen-bond donors (Lipinski definition) is 1. The molecule has 0 aromatic carbocycles. The molecule has 4 nitrogen and oxygen atoms in total. The number of carbonyl (C=O) groups is 1. The van der Waals surface area contributed by atoms with E-state index in [4.69, 9.17) is 0 Å². The Labute approximate surface area is 93.7 Å². The summed E-state index contributed by atoms with van der Waals surface area (Å²) < 4.78 is 1.05. The van der Waals surface area contributed by atoms with Gasteiger partial charge in [0.1, 0.15) is 4.75 Å². The van der Waals surface area contributed by atoms with Crippen LogP contribution in [0.1, 0.15) is 26.7 Å². The van der Waals surface area contributed by atoms with E-state index in [0.29, 0.717) is 6.42 Å². The van der Waals surface area contributed by atoms with Crippen molar-refractivity contribution in [3.05, 3.63) is 12.4 Å². The van der Waals surface area contributed by atoms with Crippen LogP contribution in [0, 0.1) is 0 Å². The van der Waals surface area contributed by atoms with Crippen molar-refractivity contribution < 1.29 is 9.90 Å². The van der Waals surface area contributed by atoms with Gasteiger partial charge in [-0.1, -0.05) is 25.1 Å². The van der Waals surface area contributed by atoms with Gasteiger partial charge in [-0.3, -0.25) is 4.79 Å². The Morgan fingerprint density at radius 2 is 2.40 bits per heavy atom. The monoisotopic (exact) mass is 228 g/mol. The molecule has 0 aliphatic rings. The predicted molar refractivity (Wildman–Crippen MR) is 60.0 cm³/mol. The van der Waals surface area contributed by atoms with E-state index >= 15 is 0 Å². The number of carboxylic acid groups (broad SMARTS) is 1. The molecule has 1 heterocycles. The first-order chi connectivity index (χ1) is 6.99. The van der Waals surface area contributed by atoms with Crippen molar-refractivity contribution in [2.24, 2.45) is 7.05 Å². The van der Waals surface area contributed by atoms with Gasteiger partial charge in [0.2, 0.25) is 0 Å². The van der Waals surface area contributed by atoms with Crippen LogP contribution >= 0.6 is 11.8 Å². The summed E-state index contributed by atoms with van der Waals surface area (Å²) in [6.45, 7) is 3.73. The molecule has 5 heteroatoms. The normalized spacial score (nSPS) is 14.9. The van der Waals surface area contributed by atoms with Crippen LogP contribution in [-0.4, -0.2) is 25.4 Å². The maximum Gasteiger partial charge on any atom is 0.319 e. The van der Waals surface area contributed by atoms with Crippen LogP contribution in [0.4, 0.5) is 0 Å². The van der Waals surface area contributed by atoms with E-state index in [2.05, 4.69) is 4.98 Å². The summed E-state index contributed by atoms with van der Waals surface area (Å²) in [5.41, 5.74) is 0. The van der Waals surface area contributed by atoms with Gasteiger partial charge in [0.25, 0.3) is 0 Å². The molecule has 1 N–H and O–H groups in total. The molecule has 1 aromatic rings. The highest BCUT2D eigenvalue weighted by molar-refractivity contribution is 8.01. The van der Waals surface area contributed by atoms with Gasteiger partial charge in [0, 0.05) is 19.4 Å². The number of aromatic nitrogens is 2. The topological polar surface area (TPSA) is 55.1 Å².